The third-order valence-electron chi connectivity index (χ3n) is 2.81. The van der Waals surface area contributed by atoms with Gasteiger partial charge in [0.1, 0.15) is 6.54 Å². The summed E-state index contributed by atoms with van der Waals surface area (Å²) >= 11 is 0. The fraction of sp³-hybridized carbons (Fsp3) is 0.333. The normalized spacial score (nSPS) is 16.1. The zero-order valence-electron chi connectivity index (χ0n) is 9.64. The summed E-state index contributed by atoms with van der Waals surface area (Å²) in [5, 5.41) is 2.74. The molecule has 1 atom stereocenters. The highest BCUT2D eigenvalue weighted by Gasteiger charge is 2.28. The highest BCUT2D eigenvalue weighted by atomic mass is 16.2. The van der Waals surface area contributed by atoms with Crippen LogP contribution in [0.1, 0.15) is 6.92 Å². The summed E-state index contributed by atoms with van der Waals surface area (Å²) in [6.45, 7) is 2.09. The van der Waals surface area contributed by atoms with Crippen LogP contribution in [0.25, 0.3) is 0 Å². The van der Waals surface area contributed by atoms with Gasteiger partial charge in [0.25, 0.3) is 0 Å². The van der Waals surface area contributed by atoms with E-state index in [0.29, 0.717) is 5.69 Å². The van der Waals surface area contributed by atoms with Crippen LogP contribution in [-0.4, -0.2) is 24.9 Å². The van der Waals surface area contributed by atoms with Crippen LogP contribution in [0.15, 0.2) is 24.3 Å². The zero-order chi connectivity index (χ0) is 12.4. The van der Waals surface area contributed by atoms with Crippen molar-refractivity contribution in [3.8, 4) is 0 Å². The molecule has 1 heterocycles. The van der Waals surface area contributed by atoms with E-state index in [1.54, 1.807) is 13.0 Å². The summed E-state index contributed by atoms with van der Waals surface area (Å²) < 4.78 is 0. The number of hydrogen-bond acceptors (Lipinski definition) is 3. The third kappa shape index (κ3) is 2.14. The molecule has 1 aromatic rings. The predicted molar refractivity (Wildman–Crippen MR) is 65.6 cm³/mol. The van der Waals surface area contributed by atoms with Crippen LogP contribution in [0.4, 0.5) is 11.4 Å². The number of amides is 2. The van der Waals surface area contributed by atoms with Gasteiger partial charge in [0, 0.05) is 12.5 Å². The molecule has 1 unspecified atom stereocenters. The van der Waals surface area contributed by atoms with E-state index in [1.807, 2.05) is 18.2 Å². The number of benzene rings is 1. The number of carbonyl (C=O) groups excluding carboxylic acids is 2. The Bertz CT molecular complexity index is 459. The standard InChI is InChI=1S/C12H15N3O2/c1-8(6-13)12(17)15-7-11(16)14-9-4-2-3-5-10(9)15/h2-5,8H,6-7,13H2,1H3,(H,14,16). The van der Waals surface area contributed by atoms with Crippen LogP contribution in [0.2, 0.25) is 0 Å². The van der Waals surface area contributed by atoms with Crippen molar-refractivity contribution in [1.29, 1.82) is 0 Å². The van der Waals surface area contributed by atoms with Gasteiger partial charge in [-0.05, 0) is 12.1 Å². The average molecular weight is 233 g/mol. The molecule has 0 fully saturated rings. The maximum absolute atomic E-state index is 12.1. The number of nitrogens with one attached hydrogen (secondary N) is 1. The molecule has 3 N–H and O–H groups in total. The first-order valence-electron chi connectivity index (χ1n) is 5.54. The summed E-state index contributed by atoms with van der Waals surface area (Å²) in [7, 11) is 0. The first-order valence-corrected chi connectivity index (χ1v) is 5.54. The molecule has 0 saturated heterocycles. The first kappa shape index (κ1) is 11.6. The van der Waals surface area contributed by atoms with Crippen molar-refractivity contribution in [3.05, 3.63) is 24.3 Å². The minimum absolute atomic E-state index is 0.0557. The minimum Gasteiger partial charge on any atom is -0.330 e. The number of hydrogen-bond donors (Lipinski definition) is 2. The molecule has 17 heavy (non-hydrogen) atoms. The number of anilines is 2. The lowest BCUT2D eigenvalue weighted by Crippen LogP contribution is -2.45. The Labute approximate surface area is 99.6 Å². The van der Waals surface area contributed by atoms with E-state index >= 15 is 0 Å². The molecular weight excluding hydrogens is 218 g/mol. The molecule has 1 aliphatic heterocycles. The molecule has 0 radical (unpaired) electrons. The van der Waals surface area contributed by atoms with Gasteiger partial charge >= 0.3 is 0 Å². The van der Waals surface area contributed by atoms with Crippen LogP contribution in [0.5, 0.6) is 0 Å². The number of fused-ring (bicyclic) bond motifs is 1. The highest BCUT2D eigenvalue weighted by molar-refractivity contribution is 6.10. The first-order chi connectivity index (χ1) is 8.13. The van der Waals surface area contributed by atoms with Gasteiger partial charge in [-0.15, -0.1) is 0 Å². The maximum Gasteiger partial charge on any atom is 0.244 e. The van der Waals surface area contributed by atoms with Crippen molar-refractivity contribution >= 4 is 23.2 Å². The third-order valence-corrected chi connectivity index (χ3v) is 2.81. The van der Waals surface area contributed by atoms with Gasteiger partial charge in [0.15, 0.2) is 0 Å². The molecule has 0 saturated carbocycles. The smallest absolute Gasteiger partial charge is 0.244 e. The molecule has 2 rings (SSSR count). The SMILES string of the molecule is CC(CN)C(=O)N1CC(=O)Nc2ccccc21. The number of para-hydroxylation sites is 2. The Morgan fingerprint density at radius 3 is 2.94 bits per heavy atom. The quantitative estimate of drug-likeness (QED) is 0.784. The lowest BCUT2D eigenvalue weighted by atomic mass is 10.1. The summed E-state index contributed by atoms with van der Waals surface area (Å²) in [6, 6.07) is 7.25. The van der Waals surface area contributed by atoms with Crippen molar-refractivity contribution in [2.24, 2.45) is 11.7 Å². The topological polar surface area (TPSA) is 75.4 Å². The molecule has 5 heteroatoms. The zero-order valence-corrected chi connectivity index (χ0v) is 9.64. The molecule has 2 amide bonds. The number of nitrogens with two attached hydrogens (primary N) is 1. The van der Waals surface area contributed by atoms with Gasteiger partial charge in [0.05, 0.1) is 11.4 Å². The van der Waals surface area contributed by atoms with Gasteiger partial charge in [-0.25, -0.2) is 0 Å². The molecule has 5 nitrogen and oxygen atoms in total. The molecule has 0 aliphatic carbocycles. The molecule has 1 aromatic carbocycles. The van der Waals surface area contributed by atoms with Crippen molar-refractivity contribution in [1.82, 2.24) is 0 Å². The van der Waals surface area contributed by atoms with E-state index < -0.39 is 0 Å². The number of rotatable bonds is 2. The molecule has 90 valence electrons. The minimum atomic E-state index is -0.283. The van der Waals surface area contributed by atoms with E-state index in [0.717, 1.165) is 5.69 Å². The van der Waals surface area contributed by atoms with E-state index in [9.17, 15) is 9.59 Å². The largest absolute Gasteiger partial charge is 0.330 e. The molecular formula is C12H15N3O2. The second kappa shape index (κ2) is 4.55. The van der Waals surface area contributed by atoms with E-state index in [2.05, 4.69) is 5.32 Å². The van der Waals surface area contributed by atoms with Gasteiger partial charge < -0.3 is 16.0 Å². The summed E-state index contributed by atoms with van der Waals surface area (Å²) in [5.41, 5.74) is 6.89. The van der Waals surface area contributed by atoms with Crippen LogP contribution in [0.3, 0.4) is 0 Å². The van der Waals surface area contributed by atoms with Gasteiger partial charge in [-0.2, -0.15) is 0 Å². The van der Waals surface area contributed by atoms with Gasteiger partial charge in [-0.1, -0.05) is 19.1 Å². The fourth-order valence-electron chi connectivity index (χ4n) is 1.80. The van der Waals surface area contributed by atoms with Crippen LogP contribution >= 0.6 is 0 Å². The Morgan fingerprint density at radius 1 is 1.53 bits per heavy atom. The Hall–Kier alpha value is -1.88. The fourth-order valence-corrected chi connectivity index (χ4v) is 1.80. The van der Waals surface area contributed by atoms with Crippen molar-refractivity contribution in [2.45, 2.75) is 6.92 Å². The Balaban J connectivity index is 2.36. The predicted octanol–water partition coefficient (Wildman–Crippen LogP) is 0.567. The lowest BCUT2D eigenvalue weighted by molar-refractivity contribution is -0.124. The van der Waals surface area contributed by atoms with Gasteiger partial charge in [-0.3, -0.25) is 9.59 Å². The Kier molecular flexibility index (Phi) is 3.10. The second-order valence-corrected chi connectivity index (χ2v) is 4.13. The molecule has 0 spiro atoms. The number of nitrogens with zero attached hydrogens (tertiary/aromatic N) is 1. The summed E-state index contributed by atoms with van der Waals surface area (Å²) in [6.07, 6.45) is 0. The molecule has 0 aromatic heterocycles. The van der Waals surface area contributed by atoms with Crippen molar-refractivity contribution < 1.29 is 9.59 Å². The summed E-state index contributed by atoms with van der Waals surface area (Å²) in [4.78, 5) is 25.1. The number of carbonyl (C=O) groups is 2. The van der Waals surface area contributed by atoms with Crippen molar-refractivity contribution in [2.75, 3.05) is 23.3 Å². The maximum atomic E-state index is 12.1. The highest BCUT2D eigenvalue weighted by Crippen LogP contribution is 2.29. The lowest BCUT2D eigenvalue weighted by Gasteiger charge is -2.30. The average Bonchev–Trinajstić information content (AvgIpc) is 2.35. The summed E-state index contributed by atoms with van der Waals surface area (Å²) in [5.74, 6) is -0.579. The van der Waals surface area contributed by atoms with Crippen molar-refractivity contribution in [3.63, 3.8) is 0 Å². The second-order valence-electron chi connectivity index (χ2n) is 4.13. The Morgan fingerprint density at radius 2 is 2.24 bits per heavy atom. The van der Waals surface area contributed by atoms with Gasteiger partial charge in [0.2, 0.25) is 11.8 Å². The van der Waals surface area contributed by atoms with Crippen LogP contribution < -0.4 is 16.0 Å². The monoisotopic (exact) mass is 233 g/mol. The molecule has 1 aliphatic rings. The molecule has 0 bridgehead atoms. The van der Waals surface area contributed by atoms with E-state index in [-0.39, 0.29) is 30.8 Å². The van der Waals surface area contributed by atoms with E-state index in [4.69, 9.17) is 5.73 Å². The van der Waals surface area contributed by atoms with Crippen LogP contribution in [-0.2, 0) is 9.59 Å². The van der Waals surface area contributed by atoms with E-state index in [1.165, 1.54) is 4.90 Å². The van der Waals surface area contributed by atoms with Crippen LogP contribution in [0, 0.1) is 5.92 Å².